The van der Waals surface area contributed by atoms with Crippen LogP contribution in [0.3, 0.4) is 0 Å². The molecule has 0 fully saturated rings. The summed E-state index contributed by atoms with van der Waals surface area (Å²) in [6, 6.07) is 6.02. The van der Waals surface area contributed by atoms with Gasteiger partial charge in [-0.2, -0.15) is 0 Å². The summed E-state index contributed by atoms with van der Waals surface area (Å²) in [5.41, 5.74) is -0.119. The minimum absolute atomic E-state index is 0.119. The van der Waals surface area contributed by atoms with Crippen molar-refractivity contribution in [1.82, 2.24) is 10.0 Å². The van der Waals surface area contributed by atoms with Crippen LogP contribution < -0.4 is 0 Å². The fourth-order valence-electron chi connectivity index (χ4n) is 2.07. The summed E-state index contributed by atoms with van der Waals surface area (Å²) in [6.07, 6.45) is 1.87. The van der Waals surface area contributed by atoms with Crippen LogP contribution in [-0.2, 0) is 20.4 Å². The zero-order chi connectivity index (χ0) is 17.5. The van der Waals surface area contributed by atoms with E-state index in [1.165, 1.54) is 12.1 Å². The molecular formula is C14H10N2O7S. The number of aromatic nitrogens is 1. The van der Waals surface area contributed by atoms with Crippen molar-refractivity contribution in [3.63, 3.8) is 0 Å². The maximum atomic E-state index is 12.1. The maximum absolute atomic E-state index is 12.1. The van der Waals surface area contributed by atoms with E-state index in [2.05, 4.69) is 4.98 Å². The first-order valence-electron chi connectivity index (χ1n) is 6.58. The van der Waals surface area contributed by atoms with Crippen LogP contribution >= 0.6 is 0 Å². The summed E-state index contributed by atoms with van der Waals surface area (Å²) in [5.74, 6) is -3.36. The SMILES string of the molecule is CS(=O)(=O)Cc1nc(C(=O)ON2C(=O)c3ccccc3C2=O)co1. The number of rotatable bonds is 4. The molecule has 0 saturated carbocycles. The van der Waals surface area contributed by atoms with Crippen LogP contribution in [0.4, 0.5) is 0 Å². The Morgan fingerprint density at radius 1 is 1.21 bits per heavy atom. The Hall–Kier alpha value is -3.01. The molecule has 10 heteroatoms. The van der Waals surface area contributed by atoms with E-state index < -0.39 is 33.4 Å². The van der Waals surface area contributed by atoms with Crippen molar-refractivity contribution < 1.29 is 32.1 Å². The highest BCUT2D eigenvalue weighted by molar-refractivity contribution is 7.89. The van der Waals surface area contributed by atoms with Gasteiger partial charge >= 0.3 is 5.97 Å². The molecular weight excluding hydrogens is 340 g/mol. The summed E-state index contributed by atoms with van der Waals surface area (Å²) in [6.45, 7) is 0. The Kier molecular flexibility index (Phi) is 3.68. The number of amides is 2. The summed E-state index contributed by atoms with van der Waals surface area (Å²) in [5, 5.41) is 0.331. The average Bonchev–Trinajstić information content (AvgIpc) is 3.05. The van der Waals surface area contributed by atoms with E-state index in [0.29, 0.717) is 5.06 Å². The second-order valence-corrected chi connectivity index (χ2v) is 7.17. The molecule has 0 unspecified atom stereocenters. The summed E-state index contributed by atoms with van der Waals surface area (Å²) in [4.78, 5) is 44.6. The molecule has 2 amide bonds. The van der Waals surface area contributed by atoms with Gasteiger partial charge in [-0.3, -0.25) is 9.59 Å². The number of benzene rings is 1. The second-order valence-electron chi connectivity index (χ2n) is 5.03. The highest BCUT2D eigenvalue weighted by Gasteiger charge is 2.39. The van der Waals surface area contributed by atoms with Crippen molar-refractivity contribution >= 4 is 27.6 Å². The van der Waals surface area contributed by atoms with Crippen molar-refractivity contribution in [2.24, 2.45) is 0 Å². The predicted molar refractivity (Wildman–Crippen MR) is 77.4 cm³/mol. The third-order valence-corrected chi connectivity index (χ3v) is 3.85. The Morgan fingerprint density at radius 3 is 2.33 bits per heavy atom. The van der Waals surface area contributed by atoms with Crippen molar-refractivity contribution in [3.05, 3.63) is 53.2 Å². The van der Waals surface area contributed by atoms with E-state index >= 15 is 0 Å². The number of imide groups is 1. The lowest BCUT2D eigenvalue weighted by molar-refractivity contribution is -0.0588. The first-order chi connectivity index (χ1) is 11.3. The number of hydroxylamine groups is 2. The number of hydrogen-bond acceptors (Lipinski definition) is 8. The number of carbonyl (C=O) groups excluding carboxylic acids is 3. The number of hydrogen-bond donors (Lipinski definition) is 0. The molecule has 24 heavy (non-hydrogen) atoms. The summed E-state index contributed by atoms with van der Waals surface area (Å²) in [7, 11) is -3.39. The molecule has 124 valence electrons. The predicted octanol–water partition coefficient (Wildman–Crippen LogP) is 0.587. The Bertz CT molecular complexity index is 926. The van der Waals surface area contributed by atoms with Gasteiger partial charge in [0.15, 0.2) is 15.5 Å². The zero-order valence-corrected chi connectivity index (χ0v) is 13.1. The number of nitrogens with zero attached hydrogens (tertiary/aromatic N) is 2. The van der Waals surface area contributed by atoms with Crippen LogP contribution in [0.5, 0.6) is 0 Å². The lowest BCUT2D eigenvalue weighted by atomic mass is 10.1. The number of oxazole rings is 1. The molecule has 0 spiro atoms. The van der Waals surface area contributed by atoms with E-state index in [-0.39, 0.29) is 22.7 Å². The highest BCUT2D eigenvalue weighted by atomic mass is 32.2. The van der Waals surface area contributed by atoms with E-state index in [1.807, 2.05) is 0 Å². The average molecular weight is 350 g/mol. The van der Waals surface area contributed by atoms with Crippen LogP contribution in [-0.4, -0.2) is 42.5 Å². The monoisotopic (exact) mass is 350 g/mol. The molecule has 2 heterocycles. The Labute approximate surface area is 135 Å². The van der Waals surface area contributed by atoms with Crippen molar-refractivity contribution in [1.29, 1.82) is 0 Å². The lowest BCUT2D eigenvalue weighted by Crippen LogP contribution is -2.32. The van der Waals surface area contributed by atoms with Gasteiger partial charge in [0.2, 0.25) is 5.89 Å². The first kappa shape index (κ1) is 15.9. The molecule has 2 aromatic rings. The quantitative estimate of drug-likeness (QED) is 0.734. The van der Waals surface area contributed by atoms with Crippen LogP contribution in [0.15, 0.2) is 34.9 Å². The number of fused-ring (bicyclic) bond motifs is 1. The standard InChI is InChI=1S/C14H10N2O7S/c1-24(20,21)7-11-15-10(6-22-11)14(19)23-16-12(17)8-4-2-3-5-9(8)13(16)18/h2-6H,7H2,1H3. The molecule has 1 aromatic carbocycles. The van der Waals surface area contributed by atoms with Gasteiger partial charge in [-0.1, -0.05) is 17.2 Å². The molecule has 9 nitrogen and oxygen atoms in total. The van der Waals surface area contributed by atoms with Gasteiger partial charge in [-0.15, -0.1) is 0 Å². The molecule has 0 atom stereocenters. The smallest absolute Gasteiger partial charge is 0.385 e. The van der Waals surface area contributed by atoms with E-state index in [9.17, 15) is 22.8 Å². The molecule has 0 N–H and O–H groups in total. The third kappa shape index (κ3) is 2.91. The van der Waals surface area contributed by atoms with Gasteiger partial charge in [-0.25, -0.2) is 18.2 Å². The minimum atomic E-state index is -3.39. The molecule has 1 aliphatic heterocycles. The molecule has 0 saturated heterocycles. The van der Waals surface area contributed by atoms with Gasteiger partial charge in [0.05, 0.1) is 11.1 Å². The second kappa shape index (κ2) is 5.57. The molecule has 0 bridgehead atoms. The minimum Gasteiger partial charge on any atom is -0.447 e. The van der Waals surface area contributed by atoms with Crippen LogP contribution in [0, 0.1) is 0 Å². The van der Waals surface area contributed by atoms with E-state index in [4.69, 9.17) is 9.25 Å². The molecule has 1 aromatic heterocycles. The Balaban J connectivity index is 1.77. The maximum Gasteiger partial charge on any atom is 0.385 e. The van der Waals surface area contributed by atoms with Gasteiger partial charge in [-0.05, 0) is 12.1 Å². The molecule has 1 aliphatic rings. The van der Waals surface area contributed by atoms with Crippen LogP contribution in [0.2, 0.25) is 0 Å². The summed E-state index contributed by atoms with van der Waals surface area (Å²) >= 11 is 0. The normalized spacial score (nSPS) is 14.0. The fraction of sp³-hybridized carbons (Fsp3) is 0.143. The highest BCUT2D eigenvalue weighted by Crippen LogP contribution is 2.23. The fourth-order valence-corrected chi connectivity index (χ4v) is 2.66. The lowest BCUT2D eigenvalue weighted by Gasteiger charge is -2.11. The first-order valence-corrected chi connectivity index (χ1v) is 8.64. The Morgan fingerprint density at radius 2 is 1.79 bits per heavy atom. The van der Waals surface area contributed by atoms with Crippen molar-refractivity contribution in [2.45, 2.75) is 5.75 Å². The van der Waals surface area contributed by atoms with Crippen molar-refractivity contribution in [3.8, 4) is 0 Å². The van der Waals surface area contributed by atoms with Crippen molar-refractivity contribution in [2.75, 3.05) is 6.26 Å². The van der Waals surface area contributed by atoms with E-state index in [0.717, 1.165) is 12.5 Å². The molecule has 0 aliphatic carbocycles. The summed E-state index contributed by atoms with van der Waals surface area (Å²) < 4.78 is 27.2. The van der Waals surface area contributed by atoms with Gasteiger partial charge in [0, 0.05) is 6.26 Å². The van der Waals surface area contributed by atoms with Gasteiger partial charge in [0.25, 0.3) is 11.8 Å². The zero-order valence-electron chi connectivity index (χ0n) is 12.3. The van der Waals surface area contributed by atoms with Crippen LogP contribution in [0.1, 0.15) is 37.1 Å². The number of carbonyl (C=O) groups is 3. The topological polar surface area (TPSA) is 124 Å². The molecule has 3 rings (SSSR count). The molecule has 0 radical (unpaired) electrons. The third-order valence-electron chi connectivity index (χ3n) is 3.08. The van der Waals surface area contributed by atoms with E-state index in [1.54, 1.807) is 12.1 Å². The van der Waals surface area contributed by atoms with Gasteiger partial charge in [0.1, 0.15) is 12.0 Å². The largest absolute Gasteiger partial charge is 0.447 e. The van der Waals surface area contributed by atoms with Crippen LogP contribution in [0.25, 0.3) is 0 Å². The number of sulfone groups is 1. The van der Waals surface area contributed by atoms with Gasteiger partial charge < -0.3 is 9.25 Å².